The zero-order valence-corrected chi connectivity index (χ0v) is 10.4. The maximum absolute atomic E-state index is 12.0. The van der Waals surface area contributed by atoms with E-state index in [4.69, 9.17) is 27.9 Å². The predicted molar refractivity (Wildman–Crippen MR) is 66.9 cm³/mol. The summed E-state index contributed by atoms with van der Waals surface area (Å²) >= 11 is 11.9. The Bertz CT molecular complexity index is 498. The van der Waals surface area contributed by atoms with Gasteiger partial charge >= 0.3 is 0 Å². The Kier molecular flexibility index (Phi) is 2.47. The highest BCUT2D eigenvalue weighted by atomic mass is 35.5. The van der Waals surface area contributed by atoms with E-state index >= 15 is 0 Å². The van der Waals surface area contributed by atoms with Crippen LogP contribution in [0, 0.1) is 0 Å². The third kappa shape index (κ3) is 1.68. The maximum Gasteiger partial charge on any atom is 0.252 e. The largest absolute Gasteiger partial charge is 0.378 e. The van der Waals surface area contributed by atoms with Crippen LogP contribution in [0.4, 0.5) is 11.4 Å². The lowest BCUT2D eigenvalue weighted by Gasteiger charge is -2.34. The van der Waals surface area contributed by atoms with Crippen molar-refractivity contribution in [3.63, 3.8) is 0 Å². The van der Waals surface area contributed by atoms with Crippen molar-refractivity contribution in [2.24, 2.45) is 0 Å². The summed E-state index contributed by atoms with van der Waals surface area (Å²) in [6, 6.07) is 3.37. The van der Waals surface area contributed by atoms with Gasteiger partial charge in [0.1, 0.15) is 5.54 Å². The highest BCUT2D eigenvalue weighted by Gasteiger charge is 2.45. The van der Waals surface area contributed by atoms with Crippen LogP contribution in [0.1, 0.15) is 6.42 Å². The fourth-order valence-corrected chi connectivity index (χ4v) is 2.48. The molecule has 1 fully saturated rings. The van der Waals surface area contributed by atoms with E-state index < -0.39 is 5.54 Å². The van der Waals surface area contributed by atoms with Crippen LogP contribution in [0.3, 0.4) is 0 Å². The molecule has 1 amide bonds. The molecule has 2 N–H and O–H groups in total. The van der Waals surface area contributed by atoms with E-state index in [2.05, 4.69) is 10.6 Å². The van der Waals surface area contributed by atoms with E-state index in [1.807, 2.05) is 0 Å². The van der Waals surface area contributed by atoms with Gasteiger partial charge in [-0.1, -0.05) is 23.2 Å². The second-order valence-electron chi connectivity index (χ2n) is 4.28. The first-order valence-electron chi connectivity index (χ1n) is 5.27. The van der Waals surface area contributed by atoms with E-state index in [1.54, 1.807) is 12.1 Å². The predicted octanol–water partition coefficient (Wildman–Crippen LogP) is 2.52. The van der Waals surface area contributed by atoms with Crippen molar-refractivity contribution in [3.8, 4) is 0 Å². The summed E-state index contributed by atoms with van der Waals surface area (Å²) in [5.41, 5.74) is 0.774. The van der Waals surface area contributed by atoms with Gasteiger partial charge in [0.25, 0.3) is 5.91 Å². The van der Waals surface area contributed by atoms with Gasteiger partial charge in [0, 0.05) is 13.0 Å². The normalized spacial score (nSPS) is 26.6. The Morgan fingerprint density at radius 2 is 1.94 bits per heavy atom. The van der Waals surface area contributed by atoms with E-state index in [0.29, 0.717) is 35.4 Å². The molecule has 1 aromatic rings. The number of ether oxygens (including phenoxy) is 1. The number of carbonyl (C=O) groups excluding carboxylic acids is 1. The minimum Gasteiger partial charge on any atom is -0.378 e. The van der Waals surface area contributed by atoms with Crippen molar-refractivity contribution >= 4 is 40.5 Å². The lowest BCUT2D eigenvalue weighted by atomic mass is 9.94. The summed E-state index contributed by atoms with van der Waals surface area (Å²) in [5, 5.41) is 6.93. The zero-order valence-electron chi connectivity index (χ0n) is 8.85. The SMILES string of the molecule is O=C1Nc2cc(Cl)c(Cl)cc2NC12CCOC2. The third-order valence-corrected chi connectivity index (χ3v) is 3.86. The highest BCUT2D eigenvalue weighted by Crippen LogP contribution is 2.39. The molecule has 2 heterocycles. The number of carbonyl (C=O) groups is 1. The van der Waals surface area contributed by atoms with Crippen LogP contribution in [0.25, 0.3) is 0 Å². The summed E-state index contributed by atoms with van der Waals surface area (Å²) in [4.78, 5) is 12.0. The van der Waals surface area contributed by atoms with E-state index in [0.717, 1.165) is 5.69 Å². The second-order valence-corrected chi connectivity index (χ2v) is 5.09. The second kappa shape index (κ2) is 3.77. The number of hydrogen-bond donors (Lipinski definition) is 2. The summed E-state index contributed by atoms with van der Waals surface area (Å²) in [6.45, 7) is 0.954. The number of benzene rings is 1. The summed E-state index contributed by atoms with van der Waals surface area (Å²) in [6.07, 6.45) is 0.651. The Balaban J connectivity index is 2.04. The molecule has 17 heavy (non-hydrogen) atoms. The van der Waals surface area contributed by atoms with Crippen LogP contribution in [-0.4, -0.2) is 24.7 Å². The van der Waals surface area contributed by atoms with Gasteiger partial charge < -0.3 is 15.4 Å². The number of anilines is 2. The van der Waals surface area contributed by atoms with Gasteiger partial charge in [-0.15, -0.1) is 0 Å². The smallest absolute Gasteiger partial charge is 0.252 e. The van der Waals surface area contributed by atoms with Gasteiger partial charge in [-0.3, -0.25) is 4.79 Å². The van der Waals surface area contributed by atoms with Gasteiger partial charge in [0.05, 0.1) is 28.0 Å². The molecule has 0 aromatic heterocycles. The molecule has 0 bridgehead atoms. The molecule has 6 heteroatoms. The molecular formula is C11H10Cl2N2O2. The molecule has 90 valence electrons. The van der Waals surface area contributed by atoms with E-state index in [-0.39, 0.29) is 5.91 Å². The van der Waals surface area contributed by atoms with Crippen LogP contribution >= 0.6 is 23.2 Å². The highest BCUT2D eigenvalue weighted by molar-refractivity contribution is 6.42. The number of amides is 1. The zero-order chi connectivity index (χ0) is 12.0. The minimum absolute atomic E-state index is 0.0825. The Hall–Kier alpha value is -0.970. The van der Waals surface area contributed by atoms with Crippen molar-refractivity contribution in [1.29, 1.82) is 0 Å². The molecule has 0 aliphatic carbocycles. The summed E-state index contributed by atoms with van der Waals surface area (Å²) in [5.74, 6) is -0.0825. The van der Waals surface area contributed by atoms with Gasteiger partial charge in [-0.25, -0.2) is 0 Å². The number of rotatable bonds is 0. The van der Waals surface area contributed by atoms with Crippen LogP contribution in [0.2, 0.25) is 10.0 Å². The molecule has 1 aromatic carbocycles. The van der Waals surface area contributed by atoms with Crippen molar-refractivity contribution in [2.45, 2.75) is 12.0 Å². The number of nitrogens with one attached hydrogen (secondary N) is 2. The van der Waals surface area contributed by atoms with E-state index in [9.17, 15) is 4.79 Å². The summed E-state index contributed by atoms with van der Waals surface area (Å²) in [7, 11) is 0. The first-order valence-corrected chi connectivity index (χ1v) is 6.03. The van der Waals surface area contributed by atoms with Crippen LogP contribution in [0.15, 0.2) is 12.1 Å². The molecule has 2 aliphatic rings. The standard InChI is InChI=1S/C11H10Cl2N2O2/c12-6-3-8-9(4-7(6)13)15-11(10(16)14-8)1-2-17-5-11/h3-4,15H,1-2,5H2,(H,14,16). The average molecular weight is 273 g/mol. The van der Waals surface area contributed by atoms with Gasteiger partial charge in [0.2, 0.25) is 0 Å². The molecule has 1 saturated heterocycles. The molecule has 4 nitrogen and oxygen atoms in total. The first kappa shape index (κ1) is 11.1. The van der Waals surface area contributed by atoms with Crippen LogP contribution < -0.4 is 10.6 Å². The molecular weight excluding hydrogens is 263 g/mol. The average Bonchev–Trinajstić information content (AvgIpc) is 2.73. The number of halogens is 2. The number of fused-ring (bicyclic) bond motifs is 1. The Morgan fingerprint density at radius 3 is 2.59 bits per heavy atom. The van der Waals surface area contributed by atoms with Crippen LogP contribution in [-0.2, 0) is 9.53 Å². The van der Waals surface area contributed by atoms with Crippen LogP contribution in [0.5, 0.6) is 0 Å². The topological polar surface area (TPSA) is 50.4 Å². The molecule has 0 saturated carbocycles. The molecule has 3 rings (SSSR count). The quantitative estimate of drug-likeness (QED) is 0.763. The van der Waals surface area contributed by atoms with Gasteiger partial charge in [0.15, 0.2) is 0 Å². The third-order valence-electron chi connectivity index (χ3n) is 3.14. The molecule has 0 radical (unpaired) electrons. The molecule has 1 atom stereocenters. The van der Waals surface area contributed by atoms with Gasteiger partial charge in [-0.05, 0) is 12.1 Å². The lowest BCUT2D eigenvalue weighted by Crippen LogP contribution is -2.53. The minimum atomic E-state index is -0.663. The Morgan fingerprint density at radius 1 is 1.24 bits per heavy atom. The van der Waals surface area contributed by atoms with Crippen molar-refractivity contribution < 1.29 is 9.53 Å². The molecule has 2 aliphatic heterocycles. The van der Waals surface area contributed by atoms with Crippen molar-refractivity contribution in [3.05, 3.63) is 22.2 Å². The first-order chi connectivity index (χ1) is 8.11. The van der Waals surface area contributed by atoms with Crippen molar-refractivity contribution in [2.75, 3.05) is 23.8 Å². The molecule has 1 spiro atoms. The monoisotopic (exact) mass is 272 g/mol. The Labute approximate surface area is 108 Å². The molecule has 1 unspecified atom stereocenters. The fraction of sp³-hybridized carbons (Fsp3) is 0.364. The maximum atomic E-state index is 12.0. The van der Waals surface area contributed by atoms with Gasteiger partial charge in [-0.2, -0.15) is 0 Å². The fourth-order valence-electron chi connectivity index (χ4n) is 2.15. The lowest BCUT2D eigenvalue weighted by molar-refractivity contribution is -0.120. The van der Waals surface area contributed by atoms with E-state index in [1.165, 1.54) is 0 Å². The summed E-state index contributed by atoms with van der Waals surface area (Å²) < 4.78 is 5.29. The van der Waals surface area contributed by atoms with Crippen molar-refractivity contribution in [1.82, 2.24) is 0 Å². The number of hydrogen-bond acceptors (Lipinski definition) is 3.